The molecule has 2 heterocycles. The number of aryl methyl sites for hydroxylation is 1. The minimum absolute atomic E-state index is 0.0703. The van der Waals surface area contributed by atoms with Gasteiger partial charge in [-0.3, -0.25) is 24.0 Å². The minimum atomic E-state index is -2.52. The normalized spacial score (nSPS) is 23.4. The Labute approximate surface area is 268 Å². The monoisotopic (exact) mass is 663 g/mol. The number of benzene rings is 1. The maximum atomic E-state index is 13.7. The van der Waals surface area contributed by atoms with E-state index in [9.17, 15) is 33.6 Å². The molecule has 0 bridgehead atoms. The first-order valence-electron chi connectivity index (χ1n) is 14.3. The molecule has 1 aromatic carbocycles. The highest BCUT2D eigenvalue weighted by Crippen LogP contribution is 2.44. The van der Waals surface area contributed by atoms with Crippen molar-refractivity contribution in [2.75, 3.05) is 13.7 Å². The zero-order chi connectivity index (χ0) is 35.3. The van der Waals surface area contributed by atoms with Gasteiger partial charge in [-0.1, -0.05) is 0 Å². The van der Waals surface area contributed by atoms with Crippen molar-refractivity contribution < 1.29 is 66.3 Å². The molecule has 16 nitrogen and oxygen atoms in total. The predicted octanol–water partition coefficient (Wildman–Crippen LogP) is 1.39. The number of hydrogen-bond acceptors (Lipinski definition) is 15. The molecule has 1 fully saturated rings. The van der Waals surface area contributed by atoms with Crippen molar-refractivity contribution in [2.45, 2.75) is 90.6 Å². The quantitative estimate of drug-likeness (QED) is 0.205. The molecule has 0 saturated carbocycles. The molecule has 0 spiro atoms. The lowest BCUT2D eigenvalue weighted by Crippen LogP contribution is -2.75. The van der Waals surface area contributed by atoms with Crippen LogP contribution in [0.25, 0.3) is 11.0 Å². The Hall–Kier alpha value is -4.99. The highest BCUT2D eigenvalue weighted by Gasteiger charge is 2.66. The van der Waals surface area contributed by atoms with Gasteiger partial charge in [0, 0.05) is 52.1 Å². The summed E-state index contributed by atoms with van der Waals surface area (Å²) in [7, 11) is 1.03. The number of ether oxygens (including phenoxy) is 7. The van der Waals surface area contributed by atoms with Crippen LogP contribution in [0.1, 0.15) is 53.5 Å². The Morgan fingerprint density at radius 1 is 0.957 bits per heavy atom. The van der Waals surface area contributed by atoms with Gasteiger partial charge in [0.1, 0.15) is 29.6 Å². The highest BCUT2D eigenvalue weighted by atomic mass is 16.8. The lowest BCUT2D eigenvalue weighted by molar-refractivity contribution is -0.323. The number of nitrogens with one attached hydrogen (secondary N) is 1. The van der Waals surface area contributed by atoms with Gasteiger partial charge in [-0.05, 0) is 31.5 Å². The molecule has 1 amide bonds. The first-order valence-corrected chi connectivity index (χ1v) is 14.3. The van der Waals surface area contributed by atoms with Crippen LogP contribution < -0.4 is 15.7 Å². The number of amides is 1. The second-order valence-electron chi connectivity index (χ2n) is 11.0. The Morgan fingerprint density at radius 3 is 2.17 bits per heavy atom. The van der Waals surface area contributed by atoms with Gasteiger partial charge >= 0.3 is 41.3 Å². The summed E-state index contributed by atoms with van der Waals surface area (Å²) >= 11 is 0. The molecule has 0 unspecified atom stereocenters. The summed E-state index contributed by atoms with van der Waals surface area (Å²) in [6, 6.07) is 4.22. The standard InChI is InChI=1S/C31H37NO15/c1-15-11-26(38)45-23-12-21(9-10-22(15)23)46-31(29(39)40-8)13-24(42-18(4)35)27(32-16(2)33)30(7,47-31)28(44-20(6)37)25(43-19(5)36)14-41-17(3)34/h9-12,24-25,27-28H,13-14H2,1-8H3,(H,32,33)/t24-,25+,27+,28+,30+,31+/m0/s1. The molecule has 6 atom stereocenters. The van der Waals surface area contributed by atoms with E-state index in [1.165, 1.54) is 25.1 Å². The van der Waals surface area contributed by atoms with Crippen molar-refractivity contribution in [1.82, 2.24) is 5.32 Å². The molecule has 47 heavy (non-hydrogen) atoms. The summed E-state index contributed by atoms with van der Waals surface area (Å²) in [4.78, 5) is 87.2. The molecule has 1 aliphatic rings. The van der Waals surface area contributed by atoms with Gasteiger partial charge in [-0.25, -0.2) is 9.59 Å². The van der Waals surface area contributed by atoms with Crippen LogP contribution in [0.2, 0.25) is 0 Å². The largest absolute Gasteiger partial charge is 0.464 e. The Kier molecular flexibility index (Phi) is 11.3. The van der Waals surface area contributed by atoms with Crippen LogP contribution in [-0.2, 0) is 57.2 Å². The maximum absolute atomic E-state index is 13.7. The van der Waals surface area contributed by atoms with Crippen LogP contribution in [0.5, 0.6) is 5.75 Å². The first kappa shape index (κ1) is 36.5. The number of methoxy groups -OCH3 is 1. The molecule has 2 aromatic rings. The van der Waals surface area contributed by atoms with Gasteiger partial charge in [0.05, 0.1) is 19.6 Å². The average molecular weight is 664 g/mol. The molecule has 1 aliphatic heterocycles. The van der Waals surface area contributed by atoms with Crippen molar-refractivity contribution in [3.63, 3.8) is 0 Å². The minimum Gasteiger partial charge on any atom is -0.464 e. The molecule has 256 valence electrons. The third-order valence-corrected chi connectivity index (χ3v) is 7.19. The van der Waals surface area contributed by atoms with Crippen LogP contribution >= 0.6 is 0 Å². The number of carbonyl (C=O) groups excluding carboxylic acids is 6. The molecule has 1 saturated heterocycles. The highest BCUT2D eigenvalue weighted by molar-refractivity contribution is 5.82. The van der Waals surface area contributed by atoms with E-state index in [1.807, 2.05) is 0 Å². The lowest BCUT2D eigenvalue weighted by Gasteiger charge is -2.54. The van der Waals surface area contributed by atoms with Crippen LogP contribution in [0, 0.1) is 6.92 Å². The number of esters is 5. The third-order valence-electron chi connectivity index (χ3n) is 7.19. The van der Waals surface area contributed by atoms with Crippen LogP contribution in [0.15, 0.2) is 33.5 Å². The van der Waals surface area contributed by atoms with Crippen molar-refractivity contribution in [3.05, 3.63) is 40.2 Å². The Bertz CT molecular complexity index is 1620. The summed E-state index contributed by atoms with van der Waals surface area (Å²) in [5.41, 5.74) is -2.11. The van der Waals surface area contributed by atoms with Gasteiger partial charge in [0.25, 0.3) is 0 Å². The van der Waals surface area contributed by atoms with Gasteiger partial charge in [0.15, 0.2) is 12.2 Å². The fourth-order valence-corrected chi connectivity index (χ4v) is 5.51. The predicted molar refractivity (Wildman–Crippen MR) is 158 cm³/mol. The van der Waals surface area contributed by atoms with Crippen LogP contribution in [-0.4, -0.2) is 85.2 Å². The first-order chi connectivity index (χ1) is 21.9. The second kappa shape index (κ2) is 14.6. The van der Waals surface area contributed by atoms with Crippen molar-refractivity contribution in [1.29, 1.82) is 0 Å². The van der Waals surface area contributed by atoms with E-state index in [-0.39, 0.29) is 11.3 Å². The number of hydrogen-bond donors (Lipinski definition) is 1. The fraction of sp³-hybridized carbons (Fsp3) is 0.516. The maximum Gasteiger partial charge on any atom is 0.379 e. The van der Waals surface area contributed by atoms with Crippen molar-refractivity contribution in [2.24, 2.45) is 0 Å². The van der Waals surface area contributed by atoms with E-state index in [0.717, 1.165) is 41.7 Å². The average Bonchev–Trinajstić information content (AvgIpc) is 2.94. The van der Waals surface area contributed by atoms with Crippen LogP contribution in [0.4, 0.5) is 0 Å². The number of carbonyl (C=O) groups is 6. The fourth-order valence-electron chi connectivity index (χ4n) is 5.51. The zero-order valence-electron chi connectivity index (χ0n) is 27.2. The smallest absolute Gasteiger partial charge is 0.379 e. The molecule has 0 radical (unpaired) electrons. The summed E-state index contributed by atoms with van der Waals surface area (Å²) in [5, 5.41) is 3.17. The molecular formula is C31H37NO15. The van der Waals surface area contributed by atoms with E-state index >= 15 is 0 Å². The third kappa shape index (κ3) is 8.64. The van der Waals surface area contributed by atoms with Gasteiger partial charge in [-0.2, -0.15) is 0 Å². The number of fused-ring (bicyclic) bond motifs is 1. The molecular weight excluding hydrogens is 626 g/mol. The van der Waals surface area contributed by atoms with Crippen molar-refractivity contribution in [3.8, 4) is 5.75 Å². The molecule has 3 rings (SSSR count). The molecule has 1 N–H and O–H groups in total. The molecule has 1 aromatic heterocycles. The molecule has 0 aliphatic carbocycles. The Morgan fingerprint density at radius 2 is 1.62 bits per heavy atom. The zero-order valence-corrected chi connectivity index (χ0v) is 27.2. The van der Waals surface area contributed by atoms with Gasteiger partial charge in [-0.15, -0.1) is 0 Å². The van der Waals surface area contributed by atoms with Crippen molar-refractivity contribution >= 4 is 46.7 Å². The van der Waals surface area contributed by atoms with Gasteiger partial charge < -0.3 is 42.9 Å². The summed E-state index contributed by atoms with van der Waals surface area (Å²) in [6.07, 6.45) is -5.39. The van der Waals surface area contributed by atoms with E-state index < -0.39 is 90.1 Å². The van der Waals surface area contributed by atoms with E-state index in [2.05, 4.69) is 5.32 Å². The van der Waals surface area contributed by atoms with Gasteiger partial charge in [0.2, 0.25) is 5.91 Å². The molecule has 16 heteroatoms. The summed E-state index contributed by atoms with van der Waals surface area (Å²) in [6.45, 7) is 7.71. The Balaban J connectivity index is 2.32. The summed E-state index contributed by atoms with van der Waals surface area (Å²) in [5.74, 6) is -7.82. The topological polar surface area (TPSA) is 209 Å². The SMILES string of the molecule is COC(=O)[C@@]1(Oc2ccc3c(C)cc(=O)oc3c2)C[C@H](OC(C)=O)[C@@H](NC(C)=O)[C@](C)([C@H](OC(C)=O)[C@@H](COC(C)=O)OC(C)=O)O1. The van der Waals surface area contributed by atoms with E-state index in [4.69, 9.17) is 37.6 Å². The van der Waals surface area contributed by atoms with E-state index in [0.29, 0.717) is 10.9 Å². The lowest BCUT2D eigenvalue weighted by atomic mass is 9.78. The second-order valence-corrected chi connectivity index (χ2v) is 11.0. The van der Waals surface area contributed by atoms with E-state index in [1.54, 1.807) is 13.0 Å². The number of rotatable bonds is 11. The van der Waals surface area contributed by atoms with Crippen LogP contribution in [0.3, 0.4) is 0 Å². The summed E-state index contributed by atoms with van der Waals surface area (Å²) < 4.78 is 44.7.